The van der Waals surface area contributed by atoms with Crippen molar-refractivity contribution < 1.29 is 29.5 Å². The second-order valence-electron chi connectivity index (χ2n) is 6.04. The van der Waals surface area contributed by atoms with Crippen LogP contribution in [0.5, 0.6) is 0 Å². The molecule has 0 saturated heterocycles. The number of carbonyl (C=O) groups excluding carboxylic acids is 2. The Balaban J connectivity index is 0.00000171. The molecule has 0 aliphatic heterocycles. The largest absolute Gasteiger partial charge is 0.478 e. The van der Waals surface area contributed by atoms with Gasteiger partial charge in [-0.2, -0.15) is 0 Å². The number of aromatic carboxylic acids is 1. The first-order valence-corrected chi connectivity index (χ1v) is 9.87. The molecule has 1 aliphatic rings. The van der Waals surface area contributed by atoms with Crippen LogP contribution < -0.4 is 5.32 Å². The van der Waals surface area contributed by atoms with E-state index >= 15 is 0 Å². The fourth-order valence-corrected chi connectivity index (χ4v) is 2.44. The summed E-state index contributed by atoms with van der Waals surface area (Å²) in [5.41, 5.74) is 0.641. The maximum Gasteiger partial charge on any atom is 0.475 e. The quantitative estimate of drug-likeness (QED) is 0.477. The van der Waals surface area contributed by atoms with E-state index in [9.17, 15) is 24.4 Å². The smallest absolute Gasteiger partial charge is 0.475 e. The molecule has 0 radical (unpaired) electrons. The summed E-state index contributed by atoms with van der Waals surface area (Å²) in [6, 6.07) is 6.04. The molecule has 1 aliphatic carbocycles. The lowest BCUT2D eigenvalue weighted by atomic mass is 9.75. The molecule has 0 spiro atoms. The summed E-state index contributed by atoms with van der Waals surface area (Å²) in [6.07, 6.45) is 2.00. The van der Waals surface area contributed by atoms with E-state index in [-0.39, 0.29) is 36.5 Å². The fraction of sp³-hybridized carbons (Fsp3) is 0.550. The normalized spacial score (nSPS) is 13.1. The monoisotopic (exact) mass is 393 g/mol. The second kappa shape index (κ2) is 13.9. The highest BCUT2D eigenvalue weighted by molar-refractivity contribution is 6.43. The molecule has 1 aromatic rings. The summed E-state index contributed by atoms with van der Waals surface area (Å²) in [6.45, 7) is 8.00. The molecular weight excluding hydrogens is 361 g/mol. The number of Topliss-reactive ketones (excluding diaryl/α,β-unsaturated/α-hetero) is 1. The van der Waals surface area contributed by atoms with Crippen molar-refractivity contribution in [2.45, 2.75) is 65.7 Å². The zero-order valence-corrected chi connectivity index (χ0v) is 17.1. The zero-order chi connectivity index (χ0) is 21.7. The Hall–Kier alpha value is -2.19. The number of amides is 1. The Kier molecular flexibility index (Phi) is 12.8. The third-order valence-corrected chi connectivity index (χ3v) is 3.97. The van der Waals surface area contributed by atoms with Crippen molar-refractivity contribution in [3.05, 3.63) is 35.4 Å². The van der Waals surface area contributed by atoms with Crippen LogP contribution in [0.4, 0.5) is 0 Å². The molecule has 7 nitrogen and oxygen atoms in total. The lowest BCUT2D eigenvalue weighted by Gasteiger charge is -2.18. The van der Waals surface area contributed by atoms with Gasteiger partial charge < -0.3 is 20.5 Å². The van der Waals surface area contributed by atoms with Gasteiger partial charge in [-0.1, -0.05) is 39.8 Å². The Morgan fingerprint density at radius 3 is 2.21 bits per heavy atom. The molecule has 1 aromatic carbocycles. The molecule has 1 atom stereocenters. The highest BCUT2D eigenvalue weighted by Gasteiger charge is 2.30. The summed E-state index contributed by atoms with van der Waals surface area (Å²) in [5.74, 6) is -2.33. The van der Waals surface area contributed by atoms with Crippen LogP contribution in [0.1, 0.15) is 69.3 Å². The van der Waals surface area contributed by atoms with Crippen molar-refractivity contribution in [1.29, 1.82) is 0 Å². The average Bonchev–Trinajstić information content (AvgIpc) is 3.54. The minimum atomic E-state index is -1.79. The Labute approximate surface area is 167 Å². The van der Waals surface area contributed by atoms with Gasteiger partial charge in [-0.05, 0) is 37.0 Å². The van der Waals surface area contributed by atoms with Crippen molar-refractivity contribution >= 4 is 24.8 Å². The third kappa shape index (κ3) is 9.66. The van der Waals surface area contributed by atoms with Crippen molar-refractivity contribution in [1.82, 2.24) is 5.32 Å². The van der Waals surface area contributed by atoms with Gasteiger partial charge in [0.2, 0.25) is 5.91 Å². The minimum Gasteiger partial charge on any atom is -0.478 e. The molecule has 1 saturated carbocycles. The van der Waals surface area contributed by atoms with Gasteiger partial charge in [-0.25, -0.2) is 4.79 Å². The first-order chi connectivity index (χ1) is 13.4. The standard InChI is InChI=1S/C16H20BNO6.2C2H6/c19-13(11-4-5-11)6-7-15(20)18-14(17(23)24)9-10-2-1-3-12(8-10)16(21)22;2*1-2/h1-3,8,11,14,23-24H,4-7,9H2,(H,18,20)(H,21,22);2*1-2H3. The SMILES string of the molecule is CC.CC.O=C(CCC(=O)C1CC1)NC(Cc1cccc(C(=O)O)c1)B(O)O. The van der Waals surface area contributed by atoms with Gasteiger partial charge >= 0.3 is 13.1 Å². The summed E-state index contributed by atoms with van der Waals surface area (Å²) < 4.78 is 0. The first-order valence-electron chi connectivity index (χ1n) is 9.87. The van der Waals surface area contributed by atoms with Crippen LogP contribution in [-0.2, 0) is 16.0 Å². The van der Waals surface area contributed by atoms with Gasteiger partial charge in [0.05, 0.1) is 11.5 Å². The van der Waals surface area contributed by atoms with Crippen LogP contribution in [0.25, 0.3) is 0 Å². The number of carboxylic acid groups (broad SMARTS) is 1. The molecule has 156 valence electrons. The minimum absolute atomic E-state index is 0.00766. The predicted molar refractivity (Wildman–Crippen MR) is 109 cm³/mol. The van der Waals surface area contributed by atoms with Crippen molar-refractivity contribution in [3.63, 3.8) is 0 Å². The van der Waals surface area contributed by atoms with Crippen molar-refractivity contribution in [2.75, 3.05) is 0 Å². The number of rotatable bonds is 9. The summed E-state index contributed by atoms with van der Waals surface area (Å²) in [4.78, 5) is 34.4. The molecule has 1 amide bonds. The second-order valence-corrected chi connectivity index (χ2v) is 6.04. The summed E-state index contributed by atoms with van der Waals surface area (Å²) >= 11 is 0. The van der Waals surface area contributed by atoms with E-state index in [0.717, 1.165) is 12.8 Å². The molecule has 4 N–H and O–H groups in total. The Morgan fingerprint density at radius 1 is 1.11 bits per heavy atom. The lowest BCUT2D eigenvalue weighted by molar-refractivity contribution is -0.126. The van der Waals surface area contributed by atoms with Gasteiger partial charge in [0.1, 0.15) is 5.78 Å². The van der Waals surface area contributed by atoms with Crippen LogP contribution in [0.15, 0.2) is 24.3 Å². The molecule has 0 aromatic heterocycles. The molecule has 2 rings (SSSR count). The van der Waals surface area contributed by atoms with Gasteiger partial charge in [0.15, 0.2) is 0 Å². The number of ketones is 1. The molecule has 8 heteroatoms. The van der Waals surface area contributed by atoms with E-state index in [0.29, 0.717) is 5.56 Å². The molecule has 0 bridgehead atoms. The topological polar surface area (TPSA) is 124 Å². The number of hydrogen-bond acceptors (Lipinski definition) is 5. The number of carboxylic acids is 1. The van der Waals surface area contributed by atoms with E-state index in [2.05, 4.69) is 5.32 Å². The van der Waals surface area contributed by atoms with Gasteiger partial charge in [-0.15, -0.1) is 0 Å². The Morgan fingerprint density at radius 2 is 1.71 bits per heavy atom. The molecule has 28 heavy (non-hydrogen) atoms. The van der Waals surface area contributed by atoms with E-state index < -0.39 is 24.9 Å². The first kappa shape index (κ1) is 25.8. The van der Waals surface area contributed by atoms with Gasteiger partial charge in [0, 0.05) is 18.8 Å². The lowest BCUT2D eigenvalue weighted by Crippen LogP contribution is -2.48. The number of benzene rings is 1. The molecular formula is C20H32BNO6. The molecule has 1 unspecified atom stereocenters. The maximum absolute atomic E-state index is 11.9. The van der Waals surface area contributed by atoms with Gasteiger partial charge in [0.25, 0.3) is 0 Å². The van der Waals surface area contributed by atoms with Crippen LogP contribution in [-0.4, -0.2) is 45.9 Å². The van der Waals surface area contributed by atoms with Crippen molar-refractivity contribution in [2.24, 2.45) is 5.92 Å². The Bertz CT molecular complexity index is 631. The molecule has 1 fully saturated rings. The van der Waals surface area contributed by atoms with Crippen LogP contribution >= 0.6 is 0 Å². The summed E-state index contributed by atoms with van der Waals surface area (Å²) in [7, 11) is -1.79. The van der Waals surface area contributed by atoms with Crippen LogP contribution in [0.3, 0.4) is 0 Å². The number of hydrogen-bond donors (Lipinski definition) is 4. The van der Waals surface area contributed by atoms with Crippen molar-refractivity contribution in [3.8, 4) is 0 Å². The van der Waals surface area contributed by atoms with E-state index in [1.807, 2.05) is 27.7 Å². The fourth-order valence-electron chi connectivity index (χ4n) is 2.44. The van der Waals surface area contributed by atoms with Gasteiger partial charge in [-0.3, -0.25) is 9.59 Å². The van der Waals surface area contributed by atoms with E-state index in [1.165, 1.54) is 12.1 Å². The van der Waals surface area contributed by atoms with E-state index in [1.54, 1.807) is 12.1 Å². The number of nitrogens with one attached hydrogen (secondary N) is 1. The number of carbonyl (C=O) groups is 3. The van der Waals surface area contributed by atoms with E-state index in [4.69, 9.17) is 5.11 Å². The molecule has 0 heterocycles. The highest BCUT2D eigenvalue weighted by Crippen LogP contribution is 2.31. The van der Waals surface area contributed by atoms with Crippen LogP contribution in [0.2, 0.25) is 0 Å². The average molecular weight is 393 g/mol. The van der Waals surface area contributed by atoms with Crippen LogP contribution in [0, 0.1) is 5.92 Å². The predicted octanol–water partition coefficient (Wildman–Crippen LogP) is 2.24. The zero-order valence-electron chi connectivity index (χ0n) is 17.1. The highest BCUT2D eigenvalue weighted by atomic mass is 16.4. The summed E-state index contributed by atoms with van der Waals surface area (Å²) in [5, 5.41) is 30.3. The third-order valence-electron chi connectivity index (χ3n) is 3.97. The maximum atomic E-state index is 11.9.